The Hall–Kier alpha value is -3.06. The highest BCUT2D eigenvalue weighted by molar-refractivity contribution is 7.16. The van der Waals surface area contributed by atoms with Crippen LogP contribution in [0.5, 0.6) is 0 Å². The third-order valence-corrected chi connectivity index (χ3v) is 5.16. The molecule has 6 nitrogen and oxygen atoms in total. The van der Waals surface area contributed by atoms with Crippen molar-refractivity contribution in [1.82, 2.24) is 4.98 Å². The van der Waals surface area contributed by atoms with Gasteiger partial charge in [0.25, 0.3) is 11.6 Å². The SMILES string of the molecule is O=C(Nc1nc2c(s1)CCc1ccccc1-2)c1cccc([N+](=O)[O-])c1. The number of aromatic nitrogens is 1. The molecule has 4 rings (SSSR count). The van der Waals surface area contributed by atoms with Gasteiger partial charge >= 0.3 is 0 Å². The van der Waals surface area contributed by atoms with Crippen molar-refractivity contribution in [3.8, 4) is 11.3 Å². The molecule has 1 aromatic heterocycles. The van der Waals surface area contributed by atoms with Gasteiger partial charge in [0.05, 0.1) is 10.6 Å². The van der Waals surface area contributed by atoms with Gasteiger partial charge in [0, 0.05) is 28.1 Å². The second-order valence-electron chi connectivity index (χ2n) is 5.71. The number of rotatable bonds is 3. The summed E-state index contributed by atoms with van der Waals surface area (Å²) in [7, 11) is 0. The number of fused-ring (bicyclic) bond motifs is 3. The number of amides is 1. The van der Waals surface area contributed by atoms with E-state index in [4.69, 9.17) is 0 Å². The van der Waals surface area contributed by atoms with Gasteiger partial charge in [-0.25, -0.2) is 4.98 Å². The molecule has 124 valence electrons. The summed E-state index contributed by atoms with van der Waals surface area (Å²) in [5.41, 5.74) is 3.41. The summed E-state index contributed by atoms with van der Waals surface area (Å²) in [6, 6.07) is 13.8. The number of nitrogens with one attached hydrogen (secondary N) is 1. The summed E-state index contributed by atoms with van der Waals surface area (Å²) < 4.78 is 0. The average Bonchev–Trinajstić information content (AvgIpc) is 3.04. The zero-order valence-corrected chi connectivity index (χ0v) is 13.9. The van der Waals surface area contributed by atoms with Crippen molar-refractivity contribution in [3.63, 3.8) is 0 Å². The number of nitro groups is 1. The molecule has 1 N–H and O–H groups in total. The highest BCUT2D eigenvalue weighted by Crippen LogP contribution is 2.38. The third kappa shape index (κ3) is 2.89. The molecule has 0 atom stereocenters. The maximum Gasteiger partial charge on any atom is 0.270 e. The van der Waals surface area contributed by atoms with Crippen LogP contribution in [0.3, 0.4) is 0 Å². The summed E-state index contributed by atoms with van der Waals surface area (Å²) in [4.78, 5) is 28.4. The zero-order valence-electron chi connectivity index (χ0n) is 13.1. The number of anilines is 1. The lowest BCUT2D eigenvalue weighted by Gasteiger charge is -2.13. The Balaban J connectivity index is 1.61. The van der Waals surface area contributed by atoms with Crippen molar-refractivity contribution in [2.45, 2.75) is 12.8 Å². The normalized spacial score (nSPS) is 12.2. The lowest BCUT2D eigenvalue weighted by atomic mass is 9.94. The molecule has 0 unspecified atom stereocenters. The topological polar surface area (TPSA) is 85.1 Å². The monoisotopic (exact) mass is 351 g/mol. The molecule has 2 aromatic carbocycles. The molecule has 0 bridgehead atoms. The van der Waals surface area contributed by atoms with E-state index in [1.807, 2.05) is 18.2 Å². The van der Waals surface area contributed by atoms with E-state index in [0.717, 1.165) is 29.0 Å². The Labute approximate surface area is 147 Å². The fraction of sp³-hybridized carbons (Fsp3) is 0.111. The number of hydrogen-bond donors (Lipinski definition) is 1. The summed E-state index contributed by atoms with van der Waals surface area (Å²) in [5.74, 6) is -0.400. The van der Waals surface area contributed by atoms with Crippen molar-refractivity contribution in [3.05, 3.63) is 74.6 Å². The van der Waals surface area contributed by atoms with Gasteiger partial charge in [-0.1, -0.05) is 30.3 Å². The van der Waals surface area contributed by atoms with E-state index in [1.165, 1.54) is 35.1 Å². The molecule has 1 amide bonds. The third-order valence-electron chi connectivity index (χ3n) is 4.13. The van der Waals surface area contributed by atoms with Crippen LogP contribution in [0.4, 0.5) is 10.8 Å². The highest BCUT2D eigenvalue weighted by atomic mass is 32.1. The summed E-state index contributed by atoms with van der Waals surface area (Å²) in [6.07, 6.45) is 1.86. The smallest absolute Gasteiger partial charge is 0.270 e. The lowest BCUT2D eigenvalue weighted by molar-refractivity contribution is -0.384. The number of nitro benzene ring substituents is 1. The number of nitrogens with zero attached hydrogens (tertiary/aromatic N) is 2. The van der Waals surface area contributed by atoms with Crippen molar-refractivity contribution in [1.29, 1.82) is 0 Å². The van der Waals surface area contributed by atoms with Gasteiger partial charge in [0.1, 0.15) is 0 Å². The van der Waals surface area contributed by atoms with E-state index >= 15 is 0 Å². The lowest BCUT2D eigenvalue weighted by Crippen LogP contribution is -2.11. The van der Waals surface area contributed by atoms with E-state index in [-0.39, 0.29) is 11.3 Å². The molecule has 0 spiro atoms. The molecule has 0 radical (unpaired) electrons. The van der Waals surface area contributed by atoms with Crippen LogP contribution in [0.15, 0.2) is 48.5 Å². The van der Waals surface area contributed by atoms with Gasteiger partial charge in [-0.15, -0.1) is 11.3 Å². The van der Waals surface area contributed by atoms with Gasteiger partial charge in [-0.05, 0) is 24.5 Å². The molecule has 3 aromatic rings. The quantitative estimate of drug-likeness (QED) is 0.569. The van der Waals surface area contributed by atoms with Crippen LogP contribution in [0, 0.1) is 10.1 Å². The first kappa shape index (κ1) is 15.5. The first-order valence-electron chi connectivity index (χ1n) is 7.75. The highest BCUT2D eigenvalue weighted by Gasteiger charge is 2.21. The molecule has 0 fully saturated rings. The second kappa shape index (κ2) is 6.10. The predicted octanol–water partition coefficient (Wildman–Crippen LogP) is 4.07. The van der Waals surface area contributed by atoms with Crippen molar-refractivity contribution < 1.29 is 9.72 Å². The minimum Gasteiger partial charge on any atom is -0.298 e. The van der Waals surface area contributed by atoms with Crippen LogP contribution < -0.4 is 5.32 Å². The Morgan fingerprint density at radius 2 is 2.00 bits per heavy atom. The first-order chi connectivity index (χ1) is 12.1. The minimum atomic E-state index is -0.518. The van der Waals surface area contributed by atoms with E-state index in [0.29, 0.717) is 5.13 Å². The number of non-ortho nitro benzene ring substituents is 1. The Kier molecular flexibility index (Phi) is 3.77. The van der Waals surface area contributed by atoms with Crippen LogP contribution in [-0.2, 0) is 12.8 Å². The maximum atomic E-state index is 12.4. The summed E-state index contributed by atoms with van der Waals surface area (Å²) >= 11 is 1.46. The Morgan fingerprint density at radius 1 is 1.16 bits per heavy atom. The van der Waals surface area contributed by atoms with Crippen molar-refractivity contribution in [2.24, 2.45) is 0 Å². The molecule has 0 saturated carbocycles. The van der Waals surface area contributed by atoms with Crippen LogP contribution in [0.25, 0.3) is 11.3 Å². The molecule has 1 heterocycles. The van der Waals surface area contributed by atoms with E-state index in [9.17, 15) is 14.9 Å². The number of benzene rings is 2. The average molecular weight is 351 g/mol. The van der Waals surface area contributed by atoms with E-state index in [2.05, 4.69) is 16.4 Å². The molecule has 1 aliphatic carbocycles. The fourth-order valence-electron chi connectivity index (χ4n) is 2.93. The molecule has 0 aliphatic heterocycles. The first-order valence-corrected chi connectivity index (χ1v) is 8.57. The number of carbonyl (C=O) groups excluding carboxylic acids is 1. The van der Waals surface area contributed by atoms with Crippen LogP contribution >= 0.6 is 11.3 Å². The van der Waals surface area contributed by atoms with Gasteiger partial charge in [0.15, 0.2) is 5.13 Å². The molecule has 0 saturated heterocycles. The van der Waals surface area contributed by atoms with Gasteiger partial charge in [-0.3, -0.25) is 20.2 Å². The molecule has 25 heavy (non-hydrogen) atoms. The summed E-state index contributed by atoms with van der Waals surface area (Å²) in [6.45, 7) is 0. The zero-order chi connectivity index (χ0) is 17.4. The van der Waals surface area contributed by atoms with Gasteiger partial charge < -0.3 is 0 Å². The molecular weight excluding hydrogens is 338 g/mol. The predicted molar refractivity (Wildman–Crippen MR) is 96.0 cm³/mol. The van der Waals surface area contributed by atoms with Crippen molar-refractivity contribution >= 4 is 28.1 Å². The number of carbonyl (C=O) groups is 1. The number of thiazole rings is 1. The molecule has 7 heteroatoms. The number of aryl methyl sites for hydroxylation is 2. The van der Waals surface area contributed by atoms with Gasteiger partial charge in [0.2, 0.25) is 0 Å². The van der Waals surface area contributed by atoms with E-state index < -0.39 is 10.8 Å². The standard InChI is InChI=1S/C18H13N3O3S/c22-17(12-5-3-6-13(10-12)21(23)24)20-18-19-16-14-7-2-1-4-11(14)8-9-15(16)25-18/h1-7,10H,8-9H2,(H,19,20,22). The fourth-order valence-corrected chi connectivity index (χ4v) is 3.90. The van der Waals surface area contributed by atoms with Crippen LogP contribution in [-0.4, -0.2) is 15.8 Å². The largest absolute Gasteiger partial charge is 0.298 e. The molecular formula is C18H13N3O3S. The Bertz CT molecular complexity index is 997. The molecule has 1 aliphatic rings. The van der Waals surface area contributed by atoms with Crippen LogP contribution in [0.1, 0.15) is 20.8 Å². The van der Waals surface area contributed by atoms with Gasteiger partial charge in [-0.2, -0.15) is 0 Å². The maximum absolute atomic E-state index is 12.4. The summed E-state index contributed by atoms with van der Waals surface area (Å²) in [5, 5.41) is 14.1. The minimum absolute atomic E-state index is 0.111. The second-order valence-corrected chi connectivity index (χ2v) is 6.79. The number of hydrogen-bond acceptors (Lipinski definition) is 5. The van der Waals surface area contributed by atoms with Crippen LogP contribution in [0.2, 0.25) is 0 Å². The van der Waals surface area contributed by atoms with E-state index in [1.54, 1.807) is 6.07 Å². The van der Waals surface area contributed by atoms with Crippen molar-refractivity contribution in [2.75, 3.05) is 5.32 Å². The Morgan fingerprint density at radius 3 is 2.84 bits per heavy atom.